The van der Waals surface area contributed by atoms with Gasteiger partial charge in [0.1, 0.15) is 0 Å². The maximum atomic E-state index is 13.1. The number of nitrogens with one attached hydrogen (secondary N) is 2. The lowest BCUT2D eigenvalue weighted by Gasteiger charge is -2.16. The lowest BCUT2D eigenvalue weighted by Crippen LogP contribution is -2.10. The average molecular weight is 445 g/mol. The molecule has 2 rings (SSSR count). The van der Waals surface area contributed by atoms with Crippen LogP contribution in [0.5, 0.6) is 0 Å². The lowest BCUT2D eigenvalue weighted by molar-refractivity contribution is -0.138. The molecule has 0 spiro atoms. The molecule has 0 heterocycles. The van der Waals surface area contributed by atoms with Crippen molar-refractivity contribution in [1.82, 2.24) is 0 Å². The first-order valence-electron chi connectivity index (χ1n) is 8.44. The van der Waals surface area contributed by atoms with Crippen molar-refractivity contribution in [3.8, 4) is 0 Å². The molecule has 0 bridgehead atoms. The molecule has 0 amide bonds. The van der Waals surface area contributed by atoms with Gasteiger partial charge in [0, 0.05) is 34.3 Å². The lowest BCUT2D eigenvalue weighted by atomic mass is 10.0. The Morgan fingerprint density at radius 2 is 1.90 bits per heavy atom. The number of carbonyl (C=O) groups is 1. The van der Waals surface area contributed by atoms with Gasteiger partial charge in [0.2, 0.25) is 0 Å². The summed E-state index contributed by atoms with van der Waals surface area (Å²) in [5.41, 5.74) is 0.0822. The zero-order valence-corrected chi connectivity index (χ0v) is 16.5. The summed E-state index contributed by atoms with van der Waals surface area (Å²) in [5, 5.41) is 20.5. The number of anilines is 1. The quantitative estimate of drug-likeness (QED) is 0.411. The van der Waals surface area contributed by atoms with Gasteiger partial charge < -0.3 is 15.8 Å². The molecule has 0 fully saturated rings. The number of benzene rings is 2. The average Bonchev–Trinajstić information content (AvgIpc) is 2.63. The van der Waals surface area contributed by atoms with Gasteiger partial charge in [-0.2, -0.15) is 13.2 Å². The van der Waals surface area contributed by atoms with Crippen LogP contribution in [-0.2, 0) is 17.5 Å². The van der Waals surface area contributed by atoms with Gasteiger partial charge in [-0.3, -0.25) is 4.79 Å². The van der Waals surface area contributed by atoms with Crippen molar-refractivity contribution in [2.45, 2.75) is 25.6 Å². The summed E-state index contributed by atoms with van der Waals surface area (Å²) in [4.78, 5) is 10.5. The van der Waals surface area contributed by atoms with Crippen molar-refractivity contribution < 1.29 is 23.1 Å². The molecule has 0 atom stereocenters. The van der Waals surface area contributed by atoms with Crippen LogP contribution in [-0.4, -0.2) is 16.8 Å². The number of hydrogen-bond donors (Lipinski definition) is 3. The number of halogens is 5. The van der Waals surface area contributed by atoms with Crippen LogP contribution in [0.2, 0.25) is 10.0 Å². The Labute approximate surface area is 175 Å². The molecule has 3 N–H and O–H groups in total. The van der Waals surface area contributed by atoms with E-state index >= 15 is 0 Å². The van der Waals surface area contributed by atoms with Crippen LogP contribution in [0.1, 0.15) is 29.5 Å². The number of carboxylic acid groups (broad SMARTS) is 1. The van der Waals surface area contributed by atoms with Gasteiger partial charge >= 0.3 is 12.1 Å². The zero-order chi connectivity index (χ0) is 21.6. The minimum atomic E-state index is -4.54. The molecule has 154 valence electrons. The minimum absolute atomic E-state index is 0.0474. The fourth-order valence-corrected chi connectivity index (χ4v) is 2.93. The number of carboxylic acids is 1. The Morgan fingerprint density at radius 3 is 2.52 bits per heavy atom. The monoisotopic (exact) mass is 444 g/mol. The second-order valence-corrected chi connectivity index (χ2v) is 6.94. The number of allylic oxidation sites excluding steroid dienone is 2. The number of rotatable bonds is 8. The molecular weight excluding hydrogens is 428 g/mol. The second kappa shape index (κ2) is 9.80. The van der Waals surface area contributed by atoms with Crippen LogP contribution >= 0.6 is 23.2 Å². The first kappa shape index (κ1) is 22.8. The highest BCUT2D eigenvalue weighted by molar-refractivity contribution is 6.35. The summed E-state index contributed by atoms with van der Waals surface area (Å²) in [7, 11) is 0. The van der Waals surface area contributed by atoms with E-state index in [-0.39, 0.29) is 36.3 Å². The molecule has 0 saturated carbocycles. The Morgan fingerprint density at radius 1 is 1.17 bits per heavy atom. The van der Waals surface area contributed by atoms with Crippen molar-refractivity contribution in [3.05, 3.63) is 75.3 Å². The van der Waals surface area contributed by atoms with Gasteiger partial charge in [-0.15, -0.1) is 0 Å². The van der Waals surface area contributed by atoms with Gasteiger partial charge in [0.05, 0.1) is 11.3 Å². The fourth-order valence-electron chi connectivity index (χ4n) is 2.45. The van der Waals surface area contributed by atoms with Crippen LogP contribution < -0.4 is 5.32 Å². The molecule has 0 unspecified atom stereocenters. The van der Waals surface area contributed by atoms with E-state index in [1.165, 1.54) is 24.3 Å². The number of alkyl halides is 3. The standard InChI is InChI=1S/C20H17Cl2F3N2O2/c21-14-7-5-12(16(22)10-14)11-27-18-9-13(20(23,24)25)6-8-15(18)17(26)3-1-2-4-19(28)29/h1,3,5-10,26-27H,2,4,11H2,(H,28,29)/b3-1+,26-17?. The fraction of sp³-hybridized carbons (Fsp3) is 0.200. The van der Waals surface area contributed by atoms with Crippen molar-refractivity contribution in [2.75, 3.05) is 5.32 Å². The molecular formula is C20H17Cl2F3N2O2. The van der Waals surface area contributed by atoms with E-state index < -0.39 is 17.7 Å². The molecule has 0 aromatic heterocycles. The molecule has 4 nitrogen and oxygen atoms in total. The van der Waals surface area contributed by atoms with Crippen LogP contribution in [0.3, 0.4) is 0 Å². The third-order valence-electron chi connectivity index (χ3n) is 3.93. The largest absolute Gasteiger partial charge is 0.481 e. The minimum Gasteiger partial charge on any atom is -0.481 e. The van der Waals surface area contributed by atoms with E-state index in [9.17, 15) is 18.0 Å². The van der Waals surface area contributed by atoms with E-state index in [0.717, 1.165) is 12.1 Å². The summed E-state index contributed by atoms with van der Waals surface area (Å²) in [5.74, 6) is -0.974. The third kappa shape index (κ3) is 6.80. The highest BCUT2D eigenvalue weighted by Crippen LogP contribution is 2.33. The van der Waals surface area contributed by atoms with Gasteiger partial charge in [-0.1, -0.05) is 41.4 Å². The van der Waals surface area contributed by atoms with Crippen LogP contribution in [0.4, 0.5) is 18.9 Å². The van der Waals surface area contributed by atoms with Gasteiger partial charge in [0.25, 0.3) is 0 Å². The molecule has 0 radical (unpaired) electrons. The van der Waals surface area contributed by atoms with Crippen molar-refractivity contribution in [2.24, 2.45) is 0 Å². The van der Waals surface area contributed by atoms with Gasteiger partial charge in [0.15, 0.2) is 0 Å². The molecule has 29 heavy (non-hydrogen) atoms. The highest BCUT2D eigenvalue weighted by Gasteiger charge is 2.31. The summed E-state index contributed by atoms with van der Waals surface area (Å²) in [6.07, 6.45) is -1.56. The topological polar surface area (TPSA) is 73.2 Å². The predicted octanol–water partition coefficient (Wildman–Crippen LogP) is 6.41. The van der Waals surface area contributed by atoms with E-state index in [2.05, 4.69) is 5.32 Å². The van der Waals surface area contributed by atoms with E-state index in [0.29, 0.717) is 15.6 Å². The molecule has 0 aliphatic heterocycles. The van der Waals surface area contributed by atoms with Gasteiger partial charge in [-0.05, 0) is 42.3 Å². The Bertz CT molecular complexity index is 944. The second-order valence-electron chi connectivity index (χ2n) is 6.10. The predicted molar refractivity (Wildman–Crippen MR) is 108 cm³/mol. The summed E-state index contributed by atoms with van der Waals surface area (Å²) in [6, 6.07) is 7.83. The number of aliphatic carboxylic acids is 1. The molecule has 0 saturated heterocycles. The molecule has 2 aromatic rings. The number of hydrogen-bond acceptors (Lipinski definition) is 3. The first-order valence-corrected chi connectivity index (χ1v) is 9.20. The maximum Gasteiger partial charge on any atom is 0.416 e. The van der Waals surface area contributed by atoms with Crippen LogP contribution in [0.15, 0.2) is 48.6 Å². The van der Waals surface area contributed by atoms with Crippen LogP contribution in [0, 0.1) is 5.41 Å². The normalized spacial score (nSPS) is 11.6. The van der Waals surface area contributed by atoms with E-state index in [1.54, 1.807) is 12.1 Å². The van der Waals surface area contributed by atoms with Crippen molar-refractivity contribution >= 4 is 40.6 Å². The molecule has 0 aliphatic rings. The highest BCUT2D eigenvalue weighted by atomic mass is 35.5. The first-order chi connectivity index (χ1) is 13.6. The summed E-state index contributed by atoms with van der Waals surface area (Å²) in [6.45, 7) is 0.125. The third-order valence-corrected chi connectivity index (χ3v) is 4.52. The Hall–Kier alpha value is -2.51. The smallest absolute Gasteiger partial charge is 0.416 e. The van der Waals surface area contributed by atoms with E-state index in [1.807, 2.05) is 0 Å². The molecule has 9 heteroatoms. The summed E-state index contributed by atoms with van der Waals surface area (Å²) < 4.78 is 39.3. The van der Waals surface area contributed by atoms with Gasteiger partial charge in [-0.25, -0.2) is 0 Å². The zero-order valence-electron chi connectivity index (χ0n) is 15.0. The SMILES string of the molecule is N=C(/C=C/CCC(=O)O)c1ccc(C(F)(F)F)cc1NCc1ccc(Cl)cc1Cl. The maximum absolute atomic E-state index is 13.1. The van der Waals surface area contributed by atoms with Crippen molar-refractivity contribution in [3.63, 3.8) is 0 Å². The Kier molecular flexibility index (Phi) is 7.70. The molecule has 2 aromatic carbocycles. The van der Waals surface area contributed by atoms with E-state index in [4.69, 9.17) is 33.7 Å². The Balaban J connectivity index is 2.28. The van der Waals surface area contributed by atoms with Crippen LogP contribution in [0.25, 0.3) is 0 Å². The van der Waals surface area contributed by atoms with Crippen molar-refractivity contribution in [1.29, 1.82) is 5.41 Å². The molecule has 0 aliphatic carbocycles. The summed E-state index contributed by atoms with van der Waals surface area (Å²) >= 11 is 12.0.